The molecule has 4 heteroatoms. The van der Waals surface area contributed by atoms with E-state index in [2.05, 4.69) is 0 Å². The Kier molecular flexibility index (Phi) is 3.22. The topological polar surface area (TPSA) is 71.4 Å². The average molecular weight is 308 g/mol. The molecule has 23 heavy (non-hydrogen) atoms. The molecular formula is C19H16O4. The number of benzene rings is 2. The third-order valence-electron chi connectivity index (χ3n) is 4.13. The molecule has 0 saturated carbocycles. The summed E-state index contributed by atoms with van der Waals surface area (Å²) in [6.07, 6.45) is 0. The molecule has 3 rings (SSSR count). The van der Waals surface area contributed by atoms with Crippen molar-refractivity contribution in [3.8, 4) is 0 Å². The lowest BCUT2D eigenvalue weighted by Crippen LogP contribution is -2.23. The predicted octanol–water partition coefficient (Wildman–Crippen LogP) is 3.46. The van der Waals surface area contributed by atoms with Gasteiger partial charge in [-0.05, 0) is 41.3 Å². The summed E-state index contributed by atoms with van der Waals surface area (Å²) in [6, 6.07) is 9.34. The van der Waals surface area contributed by atoms with E-state index in [9.17, 15) is 14.4 Å². The second kappa shape index (κ2) is 4.88. The molecule has 0 bridgehead atoms. The second-order valence-corrected chi connectivity index (χ2v) is 6.73. The van der Waals surface area contributed by atoms with Gasteiger partial charge in [0, 0.05) is 22.3 Å². The number of rotatable bonds is 1. The Hall–Kier alpha value is -2.75. The first-order valence-corrected chi connectivity index (χ1v) is 7.31. The van der Waals surface area contributed by atoms with Crippen LogP contribution in [0.1, 0.15) is 68.5 Å². The SMILES string of the molecule is CC(C)(C)c1ccc2c(c1)C(=O)c1cc(C(=O)O)ccc1C2=O. The van der Waals surface area contributed by atoms with Gasteiger partial charge in [-0.2, -0.15) is 0 Å². The fraction of sp³-hybridized carbons (Fsp3) is 0.211. The van der Waals surface area contributed by atoms with Crippen LogP contribution < -0.4 is 0 Å². The summed E-state index contributed by atoms with van der Waals surface area (Å²) in [5.41, 5.74) is 1.94. The van der Waals surface area contributed by atoms with Gasteiger partial charge in [0.1, 0.15) is 0 Å². The molecule has 4 nitrogen and oxygen atoms in total. The zero-order chi connectivity index (χ0) is 16.9. The first-order valence-electron chi connectivity index (χ1n) is 7.31. The van der Waals surface area contributed by atoms with Crippen LogP contribution in [0.15, 0.2) is 36.4 Å². The van der Waals surface area contributed by atoms with Crippen LogP contribution in [-0.2, 0) is 5.41 Å². The minimum atomic E-state index is -1.12. The summed E-state index contributed by atoms with van der Waals surface area (Å²) in [5.74, 6) is -1.67. The third kappa shape index (κ3) is 2.36. The first-order chi connectivity index (χ1) is 10.7. The number of ketones is 2. The van der Waals surface area contributed by atoms with E-state index in [1.54, 1.807) is 12.1 Å². The summed E-state index contributed by atoms with van der Waals surface area (Å²) in [5, 5.41) is 9.09. The second-order valence-electron chi connectivity index (χ2n) is 6.73. The highest BCUT2D eigenvalue weighted by molar-refractivity contribution is 6.28. The maximum absolute atomic E-state index is 12.8. The monoisotopic (exact) mass is 308 g/mol. The smallest absolute Gasteiger partial charge is 0.335 e. The summed E-state index contributed by atoms with van der Waals surface area (Å²) in [7, 11) is 0. The van der Waals surface area contributed by atoms with E-state index in [1.165, 1.54) is 18.2 Å². The van der Waals surface area contributed by atoms with Crippen LogP contribution in [0.2, 0.25) is 0 Å². The molecule has 116 valence electrons. The molecule has 1 aliphatic carbocycles. The van der Waals surface area contributed by atoms with Gasteiger partial charge < -0.3 is 5.11 Å². The van der Waals surface area contributed by atoms with Gasteiger partial charge in [0.2, 0.25) is 0 Å². The van der Waals surface area contributed by atoms with Gasteiger partial charge in [-0.15, -0.1) is 0 Å². The number of carboxylic acid groups (broad SMARTS) is 1. The van der Waals surface area contributed by atoms with Gasteiger partial charge in [-0.1, -0.05) is 26.8 Å². The molecule has 1 aliphatic rings. The van der Waals surface area contributed by atoms with Crippen molar-refractivity contribution in [2.24, 2.45) is 0 Å². The molecule has 0 saturated heterocycles. The Morgan fingerprint density at radius 3 is 1.91 bits per heavy atom. The predicted molar refractivity (Wildman–Crippen MR) is 85.4 cm³/mol. The van der Waals surface area contributed by atoms with E-state index in [0.29, 0.717) is 11.1 Å². The Morgan fingerprint density at radius 1 is 0.826 bits per heavy atom. The Morgan fingerprint density at radius 2 is 1.35 bits per heavy atom. The molecule has 1 N–H and O–H groups in total. The van der Waals surface area contributed by atoms with Crippen LogP contribution in [0.3, 0.4) is 0 Å². The van der Waals surface area contributed by atoms with Crippen molar-refractivity contribution in [3.05, 3.63) is 69.8 Å². The Labute approximate surface area is 133 Å². The minimum Gasteiger partial charge on any atom is -0.478 e. The van der Waals surface area contributed by atoms with E-state index >= 15 is 0 Å². The molecule has 0 aliphatic heterocycles. The fourth-order valence-electron chi connectivity index (χ4n) is 2.75. The van der Waals surface area contributed by atoms with E-state index in [1.807, 2.05) is 26.8 Å². The van der Waals surface area contributed by atoms with Crippen molar-refractivity contribution in [3.63, 3.8) is 0 Å². The molecule has 0 amide bonds. The highest BCUT2D eigenvalue weighted by atomic mass is 16.4. The van der Waals surface area contributed by atoms with Crippen molar-refractivity contribution >= 4 is 17.5 Å². The lowest BCUT2D eigenvalue weighted by molar-refractivity contribution is 0.0696. The minimum absolute atomic E-state index is 0.000302. The molecule has 0 fully saturated rings. The Bertz CT molecular complexity index is 869. The molecule has 0 atom stereocenters. The van der Waals surface area contributed by atoms with E-state index < -0.39 is 5.97 Å². The maximum Gasteiger partial charge on any atom is 0.335 e. The average Bonchev–Trinajstić information content (AvgIpc) is 2.50. The van der Waals surface area contributed by atoms with E-state index in [0.717, 1.165) is 5.56 Å². The van der Waals surface area contributed by atoms with E-state index in [4.69, 9.17) is 5.11 Å². The van der Waals surface area contributed by atoms with Gasteiger partial charge in [0.25, 0.3) is 0 Å². The van der Waals surface area contributed by atoms with Crippen molar-refractivity contribution in [2.45, 2.75) is 26.2 Å². The van der Waals surface area contributed by atoms with Gasteiger partial charge in [-0.25, -0.2) is 4.79 Å². The number of aromatic carboxylic acids is 1. The van der Waals surface area contributed by atoms with Crippen molar-refractivity contribution < 1.29 is 19.5 Å². The molecule has 0 radical (unpaired) electrons. The standard InChI is InChI=1S/C19H16O4/c1-19(2,3)11-5-7-13-15(9-11)17(21)14-8-10(18(22)23)4-6-12(14)16(13)20/h4-9H,1-3H3,(H,22,23). The van der Waals surface area contributed by atoms with E-state index in [-0.39, 0.29) is 33.7 Å². The van der Waals surface area contributed by atoms with Crippen LogP contribution in [-0.4, -0.2) is 22.6 Å². The van der Waals surface area contributed by atoms with Crippen molar-refractivity contribution in [2.75, 3.05) is 0 Å². The lowest BCUT2D eigenvalue weighted by Gasteiger charge is -2.23. The van der Waals surface area contributed by atoms with Gasteiger partial charge in [0.05, 0.1) is 5.56 Å². The maximum atomic E-state index is 12.8. The normalized spacial score (nSPS) is 13.5. The number of hydrogen-bond acceptors (Lipinski definition) is 3. The van der Waals surface area contributed by atoms with Crippen molar-refractivity contribution in [1.29, 1.82) is 0 Å². The van der Waals surface area contributed by atoms with Gasteiger partial charge in [-0.3, -0.25) is 9.59 Å². The van der Waals surface area contributed by atoms with Crippen LogP contribution in [0.25, 0.3) is 0 Å². The van der Waals surface area contributed by atoms with Crippen LogP contribution in [0.4, 0.5) is 0 Å². The first kappa shape index (κ1) is 15.2. The highest BCUT2D eigenvalue weighted by Crippen LogP contribution is 2.31. The molecule has 0 spiro atoms. The number of hydrogen-bond donors (Lipinski definition) is 1. The van der Waals surface area contributed by atoms with Gasteiger partial charge in [0.15, 0.2) is 11.6 Å². The lowest BCUT2D eigenvalue weighted by atomic mass is 9.79. The number of carboxylic acids is 1. The quantitative estimate of drug-likeness (QED) is 0.747. The van der Waals surface area contributed by atoms with Crippen LogP contribution in [0.5, 0.6) is 0 Å². The molecule has 0 aromatic heterocycles. The summed E-state index contributed by atoms with van der Waals surface area (Å²) in [4.78, 5) is 36.5. The summed E-state index contributed by atoms with van der Waals surface area (Å²) in [6.45, 7) is 6.08. The zero-order valence-corrected chi connectivity index (χ0v) is 13.1. The third-order valence-corrected chi connectivity index (χ3v) is 4.13. The molecule has 2 aromatic carbocycles. The summed E-state index contributed by atoms with van der Waals surface area (Å²) >= 11 is 0. The van der Waals surface area contributed by atoms with Gasteiger partial charge >= 0.3 is 5.97 Å². The highest BCUT2D eigenvalue weighted by Gasteiger charge is 2.31. The van der Waals surface area contributed by atoms with Crippen LogP contribution in [0, 0.1) is 0 Å². The largest absolute Gasteiger partial charge is 0.478 e. The Balaban J connectivity index is 2.21. The van der Waals surface area contributed by atoms with Crippen molar-refractivity contribution in [1.82, 2.24) is 0 Å². The van der Waals surface area contributed by atoms with Crippen LogP contribution >= 0.6 is 0 Å². The fourth-order valence-corrected chi connectivity index (χ4v) is 2.75. The number of carbonyl (C=O) groups is 3. The number of fused-ring (bicyclic) bond motifs is 2. The molecule has 0 heterocycles. The number of carbonyl (C=O) groups excluding carboxylic acids is 2. The zero-order valence-electron chi connectivity index (χ0n) is 13.1. The molecular weight excluding hydrogens is 292 g/mol. The molecule has 0 unspecified atom stereocenters. The molecule has 2 aromatic rings. The summed E-state index contributed by atoms with van der Waals surface area (Å²) < 4.78 is 0.